The van der Waals surface area contributed by atoms with Crippen LogP contribution in [-0.4, -0.2) is 78.0 Å². The summed E-state index contributed by atoms with van der Waals surface area (Å²) in [5, 5.41) is 11.6. The first kappa shape index (κ1) is 41.5. The molecule has 3 N–H and O–H groups in total. The van der Waals surface area contributed by atoms with Crippen molar-refractivity contribution >= 4 is 41.5 Å². The predicted octanol–water partition coefficient (Wildman–Crippen LogP) is 7.04. The molecule has 2 bridgehead atoms. The van der Waals surface area contributed by atoms with Gasteiger partial charge in [-0.15, -0.1) is 0 Å². The summed E-state index contributed by atoms with van der Waals surface area (Å²) in [6.45, 7) is 11.1. The molecule has 3 aromatic rings. The second kappa shape index (κ2) is 17.0. The highest BCUT2D eigenvalue weighted by molar-refractivity contribution is 6.48. The van der Waals surface area contributed by atoms with E-state index in [0.29, 0.717) is 36.7 Å². The van der Waals surface area contributed by atoms with E-state index in [1.807, 2.05) is 66.7 Å². The van der Waals surface area contributed by atoms with E-state index in [1.165, 1.54) is 6.42 Å². The number of carbonyl (C=O) groups is 4. The number of aryl methyl sites for hydroxylation is 1. The molecule has 9 rings (SSSR count). The summed E-state index contributed by atoms with van der Waals surface area (Å²) in [6.07, 6.45) is 9.03. The second-order valence-corrected chi connectivity index (χ2v) is 19.4. The van der Waals surface area contributed by atoms with Gasteiger partial charge in [0.2, 0.25) is 17.7 Å². The van der Waals surface area contributed by atoms with Crippen molar-refractivity contribution in [1.82, 2.24) is 20.9 Å². The molecule has 11 heteroatoms. The van der Waals surface area contributed by atoms with Crippen LogP contribution in [0.25, 0.3) is 10.8 Å². The molecular formula is C48H63BN4O6. The maximum absolute atomic E-state index is 15.0. The van der Waals surface area contributed by atoms with E-state index >= 15 is 4.79 Å². The van der Waals surface area contributed by atoms with Gasteiger partial charge >= 0.3 is 7.12 Å². The number of nitrogens with zero attached hydrogens (tertiary/aromatic N) is 1. The first-order valence-corrected chi connectivity index (χ1v) is 22.4. The fourth-order valence-electron chi connectivity index (χ4n) is 11.2. The van der Waals surface area contributed by atoms with Crippen molar-refractivity contribution < 1.29 is 28.5 Å². The van der Waals surface area contributed by atoms with Gasteiger partial charge in [-0.3, -0.25) is 19.2 Å². The molecule has 2 aliphatic heterocycles. The molecule has 3 aromatic carbocycles. The molecular weight excluding hydrogens is 739 g/mol. The average molecular weight is 803 g/mol. The fourth-order valence-corrected chi connectivity index (χ4v) is 11.2. The highest BCUT2D eigenvalue weighted by atomic mass is 16.7. The van der Waals surface area contributed by atoms with E-state index in [1.54, 1.807) is 11.0 Å². The van der Waals surface area contributed by atoms with Gasteiger partial charge in [-0.1, -0.05) is 120 Å². The van der Waals surface area contributed by atoms with Crippen LogP contribution < -0.4 is 16.0 Å². The zero-order valence-corrected chi connectivity index (χ0v) is 35.6. The number of amides is 4. The Morgan fingerprint density at radius 1 is 0.864 bits per heavy atom. The number of hydrogen-bond acceptors (Lipinski definition) is 6. The molecule has 0 spiro atoms. The number of rotatable bonds is 13. The molecule has 59 heavy (non-hydrogen) atoms. The lowest BCUT2D eigenvalue weighted by Gasteiger charge is -2.64. The molecule has 6 aliphatic rings. The quantitative estimate of drug-likeness (QED) is 0.159. The molecule has 10 nitrogen and oxygen atoms in total. The summed E-state index contributed by atoms with van der Waals surface area (Å²) in [5.74, 6) is -0.243. The molecule has 2 heterocycles. The largest absolute Gasteiger partial charge is 0.481 e. The highest BCUT2D eigenvalue weighted by Crippen LogP contribution is 2.65. The monoisotopic (exact) mass is 802 g/mol. The Morgan fingerprint density at radius 3 is 2.32 bits per heavy atom. The smallest absolute Gasteiger partial charge is 0.404 e. The van der Waals surface area contributed by atoms with Gasteiger partial charge in [0.25, 0.3) is 5.91 Å². The van der Waals surface area contributed by atoms with E-state index in [4.69, 9.17) is 9.31 Å². The van der Waals surface area contributed by atoms with Gasteiger partial charge in [-0.2, -0.15) is 0 Å². The normalized spacial score (nSPS) is 28.4. The number of hydrogen-bond donors (Lipinski definition) is 3. The third kappa shape index (κ3) is 8.56. The van der Waals surface area contributed by atoms with Gasteiger partial charge in [0, 0.05) is 24.6 Å². The third-order valence-electron chi connectivity index (χ3n) is 14.9. The number of fused-ring (bicyclic) bond motifs is 1. The van der Waals surface area contributed by atoms with Crippen LogP contribution in [0.3, 0.4) is 0 Å². The van der Waals surface area contributed by atoms with Crippen molar-refractivity contribution in [3.63, 3.8) is 0 Å². The first-order valence-electron chi connectivity index (χ1n) is 22.4. The van der Waals surface area contributed by atoms with Crippen LogP contribution in [0, 0.1) is 29.1 Å². The lowest BCUT2D eigenvalue weighted by atomic mass is 9.43. The third-order valence-corrected chi connectivity index (χ3v) is 14.9. The van der Waals surface area contributed by atoms with Crippen LogP contribution in [0.4, 0.5) is 0 Å². The van der Waals surface area contributed by atoms with Gasteiger partial charge in [0.05, 0.1) is 17.6 Å². The molecule has 8 atom stereocenters. The maximum atomic E-state index is 15.0. The molecule has 0 radical (unpaired) electrons. The molecule has 314 valence electrons. The summed E-state index contributed by atoms with van der Waals surface area (Å²) in [4.78, 5) is 58.7. The van der Waals surface area contributed by atoms with Crippen LogP contribution in [0.1, 0.15) is 115 Å². The van der Waals surface area contributed by atoms with Gasteiger partial charge in [0.15, 0.2) is 0 Å². The summed E-state index contributed by atoms with van der Waals surface area (Å²) in [5.41, 5.74) is 1.31. The molecule has 0 aromatic heterocycles. The SMILES string of the molecule is CC(C)[C@H](NC(=O)[C@@H]1C[C@H](NC(=O)CCc2ccccc2)CN1C(=O)[C@@H](CC1CCCCC1)NC(=O)c1ccc2ccccc2c1)B1O[C@@H]2C[C@@H]3C[C@@H](C3(C)C)[C@]2(C)O1. The molecule has 4 saturated carbocycles. The minimum Gasteiger partial charge on any atom is -0.404 e. The molecule has 4 amide bonds. The first-order chi connectivity index (χ1) is 28.3. The molecule has 4 aliphatic carbocycles. The van der Waals surface area contributed by atoms with Gasteiger partial charge in [-0.25, -0.2) is 0 Å². The zero-order valence-electron chi connectivity index (χ0n) is 35.6. The highest BCUT2D eigenvalue weighted by Gasteiger charge is 2.68. The van der Waals surface area contributed by atoms with E-state index in [-0.39, 0.29) is 59.9 Å². The average Bonchev–Trinajstić information content (AvgIpc) is 3.82. The summed E-state index contributed by atoms with van der Waals surface area (Å²) in [6, 6.07) is 21.2. The van der Waals surface area contributed by atoms with Crippen LogP contribution in [0.15, 0.2) is 72.8 Å². The molecule has 6 fully saturated rings. The lowest BCUT2D eigenvalue weighted by Crippen LogP contribution is -2.65. The standard InChI is InChI=1S/C48H63BN4O6/c1-30(2)43(49-58-41-27-36-26-40(47(36,3)4)48(41,5)59-49)52-45(56)39-28-37(50-42(54)23-20-31-14-8-6-9-15-31)29-53(39)46(57)38(24-32-16-10-7-11-17-32)51-44(55)35-22-21-33-18-12-13-19-34(33)25-35/h6,8-9,12-15,18-19,21-22,25,30,32,36-41,43H,7,10-11,16-17,20,23-24,26-29H2,1-5H3,(H,50,54)(H,51,55)(H,52,56)/t36-,37-,38+,39-,40-,41+,43-,48-/m0/s1. The van der Waals surface area contributed by atoms with E-state index in [9.17, 15) is 14.4 Å². The van der Waals surface area contributed by atoms with Crippen LogP contribution in [0.5, 0.6) is 0 Å². The van der Waals surface area contributed by atoms with E-state index in [2.05, 4.69) is 50.6 Å². The van der Waals surface area contributed by atoms with Crippen molar-refractivity contribution in [2.75, 3.05) is 6.54 Å². The summed E-state index contributed by atoms with van der Waals surface area (Å²) >= 11 is 0. The summed E-state index contributed by atoms with van der Waals surface area (Å²) in [7, 11) is -0.622. The van der Waals surface area contributed by atoms with Crippen molar-refractivity contribution in [1.29, 1.82) is 0 Å². The van der Waals surface area contributed by atoms with Gasteiger partial charge in [-0.05, 0) is 96.6 Å². The Bertz CT molecular complexity index is 2020. The lowest BCUT2D eigenvalue weighted by molar-refractivity contribution is -0.199. The fraction of sp³-hybridized carbons (Fsp3) is 0.583. The Hall–Kier alpha value is -4.22. The Morgan fingerprint density at radius 2 is 1.59 bits per heavy atom. The van der Waals surface area contributed by atoms with E-state index < -0.39 is 36.8 Å². The maximum Gasteiger partial charge on any atom is 0.481 e. The van der Waals surface area contributed by atoms with Gasteiger partial charge in [0.1, 0.15) is 12.1 Å². The Kier molecular flexibility index (Phi) is 12.0. The van der Waals surface area contributed by atoms with Crippen molar-refractivity contribution in [2.24, 2.45) is 29.1 Å². The van der Waals surface area contributed by atoms with Crippen molar-refractivity contribution in [3.8, 4) is 0 Å². The minimum atomic E-state index is -0.861. The molecule has 2 saturated heterocycles. The number of benzene rings is 3. The number of likely N-dealkylation sites (tertiary alicyclic amines) is 1. The second-order valence-electron chi connectivity index (χ2n) is 19.4. The topological polar surface area (TPSA) is 126 Å². The van der Waals surface area contributed by atoms with Crippen LogP contribution >= 0.6 is 0 Å². The van der Waals surface area contributed by atoms with Gasteiger partial charge < -0.3 is 30.2 Å². The summed E-state index contributed by atoms with van der Waals surface area (Å²) < 4.78 is 13.5. The van der Waals surface area contributed by atoms with Crippen molar-refractivity contribution in [2.45, 2.75) is 141 Å². The van der Waals surface area contributed by atoms with E-state index in [0.717, 1.165) is 54.9 Å². The van der Waals surface area contributed by atoms with Crippen LogP contribution in [-0.2, 0) is 30.1 Å². The van der Waals surface area contributed by atoms with Crippen LogP contribution in [0.2, 0.25) is 0 Å². The Balaban J connectivity index is 1.03. The number of carbonyl (C=O) groups excluding carboxylic acids is 4. The zero-order chi connectivity index (χ0) is 41.5. The molecule has 0 unspecified atom stereocenters. The minimum absolute atomic E-state index is 0.0185. The number of nitrogens with one attached hydrogen (secondary N) is 3. The predicted molar refractivity (Wildman–Crippen MR) is 230 cm³/mol. The van der Waals surface area contributed by atoms with Crippen molar-refractivity contribution in [3.05, 3.63) is 83.9 Å². The Labute approximate surface area is 350 Å².